The van der Waals surface area contributed by atoms with E-state index in [1.54, 1.807) is 18.2 Å². The van der Waals surface area contributed by atoms with Crippen LogP contribution < -0.4 is 9.64 Å². The number of nitrogens with zero attached hydrogens (tertiary/aromatic N) is 2. The standard InChI is InChI=1S/C35H34N2O4/c1-3-8-29(39)21-25(2)22-37-32-10-5-4-9-31(32)35(33(37)23-38)27-13-17-30(18-14-27)41-24-34(40)26-11-15-28(16-12-26)36-19-6-7-20-36/h3-5,8-18,21,23,39H,2,6-7,19-20,22,24H2,1H3/b8-3-,29-21+. The number of rotatable bonds is 11. The Bertz CT molecular complexity index is 1620. The molecule has 1 fully saturated rings. The lowest BCUT2D eigenvalue weighted by atomic mass is 10.0. The van der Waals surface area contributed by atoms with Gasteiger partial charge < -0.3 is 19.3 Å². The summed E-state index contributed by atoms with van der Waals surface area (Å²) >= 11 is 0. The zero-order valence-corrected chi connectivity index (χ0v) is 23.3. The summed E-state index contributed by atoms with van der Waals surface area (Å²) in [5, 5.41) is 11.0. The molecule has 1 saturated heterocycles. The molecule has 0 atom stereocenters. The molecule has 1 aliphatic heterocycles. The molecule has 208 valence electrons. The molecule has 0 saturated carbocycles. The Morgan fingerprint density at radius 3 is 2.39 bits per heavy atom. The summed E-state index contributed by atoms with van der Waals surface area (Å²) in [6.45, 7) is 8.31. The van der Waals surface area contributed by atoms with Crippen LogP contribution in [0.2, 0.25) is 0 Å². The number of hydrogen-bond acceptors (Lipinski definition) is 5. The first-order chi connectivity index (χ1) is 20.0. The molecule has 2 heterocycles. The van der Waals surface area contributed by atoms with E-state index in [-0.39, 0.29) is 18.1 Å². The highest BCUT2D eigenvalue weighted by atomic mass is 16.5. The highest BCUT2D eigenvalue weighted by Gasteiger charge is 2.19. The number of para-hydroxylation sites is 1. The van der Waals surface area contributed by atoms with Crippen molar-refractivity contribution in [1.82, 2.24) is 4.57 Å². The van der Waals surface area contributed by atoms with Crippen molar-refractivity contribution >= 4 is 28.7 Å². The monoisotopic (exact) mass is 546 g/mol. The molecule has 1 aliphatic rings. The van der Waals surface area contributed by atoms with Gasteiger partial charge in [0.1, 0.15) is 11.5 Å². The van der Waals surface area contributed by atoms with Crippen LogP contribution in [0.3, 0.4) is 0 Å². The first-order valence-electron chi connectivity index (χ1n) is 13.9. The van der Waals surface area contributed by atoms with Gasteiger partial charge in [0.2, 0.25) is 0 Å². The fourth-order valence-corrected chi connectivity index (χ4v) is 5.38. The average Bonchev–Trinajstić information content (AvgIpc) is 3.63. The van der Waals surface area contributed by atoms with Gasteiger partial charge in [0, 0.05) is 47.4 Å². The van der Waals surface area contributed by atoms with E-state index in [1.165, 1.54) is 12.8 Å². The topological polar surface area (TPSA) is 71.8 Å². The Morgan fingerprint density at radius 1 is 1.00 bits per heavy atom. The number of ketones is 1. The number of fused-ring (bicyclic) bond motifs is 1. The van der Waals surface area contributed by atoms with Gasteiger partial charge in [-0.1, -0.05) is 43.0 Å². The average molecular weight is 547 g/mol. The van der Waals surface area contributed by atoms with Gasteiger partial charge in [-0.2, -0.15) is 0 Å². The number of benzene rings is 3. The Kier molecular flexibility index (Phi) is 8.49. The van der Waals surface area contributed by atoms with Crippen molar-refractivity contribution in [2.75, 3.05) is 24.6 Å². The fourth-order valence-electron chi connectivity index (χ4n) is 5.38. The van der Waals surface area contributed by atoms with Crippen molar-refractivity contribution in [1.29, 1.82) is 0 Å². The summed E-state index contributed by atoms with van der Waals surface area (Å²) in [5.41, 5.74) is 5.53. The van der Waals surface area contributed by atoms with Crippen LogP contribution in [0.25, 0.3) is 22.0 Å². The van der Waals surface area contributed by atoms with Crippen molar-refractivity contribution in [3.8, 4) is 16.9 Å². The number of Topliss-reactive ketones (excluding diaryl/α,β-unsaturated/α-hetero) is 1. The number of aldehydes is 1. The van der Waals surface area contributed by atoms with Crippen LogP contribution in [0.15, 0.2) is 109 Å². The predicted octanol–water partition coefficient (Wildman–Crippen LogP) is 7.56. The number of anilines is 1. The Balaban J connectivity index is 1.33. The van der Waals surface area contributed by atoms with E-state index >= 15 is 0 Å². The SMILES string of the molecule is C=C(/C=C(O)\C=C/C)Cn1c(C=O)c(-c2ccc(OCC(=O)c3ccc(N4CCCC4)cc3)cc2)c2ccccc21. The molecular formula is C35H34N2O4. The molecule has 3 aromatic carbocycles. The maximum absolute atomic E-state index is 12.8. The molecule has 0 radical (unpaired) electrons. The minimum atomic E-state index is -0.0805. The van der Waals surface area contributed by atoms with E-state index in [2.05, 4.69) is 11.5 Å². The fraction of sp³-hybridized carbons (Fsp3) is 0.200. The van der Waals surface area contributed by atoms with E-state index in [1.807, 2.05) is 84.3 Å². The van der Waals surface area contributed by atoms with Crippen molar-refractivity contribution in [2.45, 2.75) is 26.3 Å². The molecule has 6 heteroatoms. The summed E-state index contributed by atoms with van der Waals surface area (Å²) in [6, 6.07) is 23.0. The van der Waals surface area contributed by atoms with Crippen LogP contribution >= 0.6 is 0 Å². The quantitative estimate of drug-likeness (QED) is 0.0910. The third-order valence-corrected chi connectivity index (χ3v) is 7.35. The van der Waals surface area contributed by atoms with Crippen LogP contribution in [0.1, 0.15) is 40.6 Å². The van der Waals surface area contributed by atoms with Gasteiger partial charge in [0.25, 0.3) is 0 Å². The van der Waals surface area contributed by atoms with Crippen LogP contribution in [0, 0.1) is 0 Å². The van der Waals surface area contributed by atoms with E-state index in [0.717, 1.165) is 47.1 Å². The van der Waals surface area contributed by atoms with Crippen LogP contribution in [-0.4, -0.2) is 41.4 Å². The van der Waals surface area contributed by atoms with Crippen molar-refractivity contribution in [3.63, 3.8) is 0 Å². The first kappa shape index (κ1) is 27.7. The number of carbonyl (C=O) groups is 2. The summed E-state index contributed by atoms with van der Waals surface area (Å²) < 4.78 is 7.73. The van der Waals surface area contributed by atoms with Gasteiger partial charge in [-0.3, -0.25) is 9.59 Å². The molecule has 0 spiro atoms. The number of allylic oxidation sites excluding steroid dienone is 4. The summed E-state index contributed by atoms with van der Waals surface area (Å²) in [5.74, 6) is 0.600. The molecule has 5 rings (SSSR count). The maximum Gasteiger partial charge on any atom is 0.200 e. The molecule has 6 nitrogen and oxygen atoms in total. The Hall–Kier alpha value is -4.84. The second-order valence-corrected chi connectivity index (χ2v) is 10.2. The smallest absolute Gasteiger partial charge is 0.200 e. The molecule has 0 bridgehead atoms. The molecule has 0 unspecified atom stereocenters. The van der Waals surface area contributed by atoms with Crippen molar-refractivity contribution < 1.29 is 19.4 Å². The zero-order chi connectivity index (χ0) is 28.8. The number of ether oxygens (including phenoxy) is 1. The number of carbonyl (C=O) groups excluding carboxylic acids is 2. The van der Waals surface area contributed by atoms with Gasteiger partial charge in [-0.15, -0.1) is 0 Å². The van der Waals surface area contributed by atoms with Crippen molar-refractivity contribution in [3.05, 3.63) is 120 Å². The number of aliphatic hydroxyl groups excluding tert-OH is 1. The van der Waals surface area contributed by atoms with Gasteiger partial charge in [-0.05, 0) is 85.5 Å². The molecule has 1 N–H and O–H groups in total. The summed E-state index contributed by atoms with van der Waals surface area (Å²) in [6.07, 6.45) is 8.21. The molecule has 41 heavy (non-hydrogen) atoms. The number of aliphatic hydroxyl groups is 1. The van der Waals surface area contributed by atoms with E-state index in [9.17, 15) is 14.7 Å². The lowest BCUT2D eigenvalue weighted by molar-refractivity contribution is 0.0921. The largest absolute Gasteiger partial charge is 0.508 e. The van der Waals surface area contributed by atoms with Crippen LogP contribution in [0.4, 0.5) is 5.69 Å². The van der Waals surface area contributed by atoms with Gasteiger partial charge in [0.15, 0.2) is 18.7 Å². The minimum absolute atomic E-state index is 0.0585. The Labute approximate surface area is 240 Å². The zero-order valence-electron chi connectivity index (χ0n) is 23.3. The number of hydrogen-bond donors (Lipinski definition) is 1. The lowest BCUT2D eigenvalue weighted by Crippen LogP contribution is -2.17. The second-order valence-electron chi connectivity index (χ2n) is 10.2. The Morgan fingerprint density at radius 2 is 1.71 bits per heavy atom. The van der Waals surface area contributed by atoms with Gasteiger partial charge >= 0.3 is 0 Å². The van der Waals surface area contributed by atoms with E-state index < -0.39 is 0 Å². The lowest BCUT2D eigenvalue weighted by Gasteiger charge is -2.17. The molecular weight excluding hydrogens is 512 g/mol. The maximum atomic E-state index is 12.8. The molecule has 1 aromatic heterocycles. The van der Waals surface area contributed by atoms with Gasteiger partial charge in [0.05, 0.1) is 5.69 Å². The summed E-state index contributed by atoms with van der Waals surface area (Å²) in [7, 11) is 0. The highest BCUT2D eigenvalue weighted by molar-refractivity contribution is 6.05. The van der Waals surface area contributed by atoms with Crippen LogP contribution in [-0.2, 0) is 6.54 Å². The third kappa shape index (κ3) is 6.17. The molecule has 0 aliphatic carbocycles. The predicted molar refractivity (Wildman–Crippen MR) is 165 cm³/mol. The third-order valence-electron chi connectivity index (χ3n) is 7.35. The second kappa shape index (κ2) is 12.6. The van der Waals surface area contributed by atoms with E-state index in [0.29, 0.717) is 29.1 Å². The summed E-state index contributed by atoms with van der Waals surface area (Å²) in [4.78, 5) is 27.5. The first-order valence-corrected chi connectivity index (χ1v) is 13.9. The molecule has 0 amide bonds. The van der Waals surface area contributed by atoms with Gasteiger partial charge in [-0.25, -0.2) is 0 Å². The highest BCUT2D eigenvalue weighted by Crippen LogP contribution is 2.35. The van der Waals surface area contributed by atoms with E-state index in [4.69, 9.17) is 4.74 Å². The van der Waals surface area contributed by atoms with Crippen LogP contribution in [0.5, 0.6) is 5.75 Å². The van der Waals surface area contributed by atoms with Crippen molar-refractivity contribution in [2.24, 2.45) is 0 Å². The molecule has 4 aromatic rings. The minimum Gasteiger partial charge on any atom is -0.508 e. The number of aromatic nitrogens is 1. The normalized spacial score (nSPS) is 13.7.